The van der Waals surface area contributed by atoms with E-state index in [1.165, 1.54) is 18.8 Å². The van der Waals surface area contributed by atoms with Gasteiger partial charge in [0.1, 0.15) is 11.9 Å². The normalized spacial score (nSPS) is 28.0. The lowest BCUT2D eigenvalue weighted by molar-refractivity contribution is -0.303. The molecule has 2 N–H and O–H groups in total. The number of amides is 1. The van der Waals surface area contributed by atoms with Crippen LogP contribution < -0.4 is 5.32 Å². The van der Waals surface area contributed by atoms with Gasteiger partial charge < -0.3 is 29.4 Å². The molecule has 2 aliphatic heterocycles. The molecule has 9 heteroatoms. The monoisotopic (exact) mass is 579 g/mol. The molecule has 1 fully saturated rings. The van der Waals surface area contributed by atoms with Crippen molar-refractivity contribution in [3.63, 3.8) is 0 Å². The number of hydrogen-bond acceptors (Lipinski definition) is 7. The molecule has 6 atom stereocenters. The Morgan fingerprint density at radius 3 is 2.80 bits per heavy atom. The molecule has 40 heavy (non-hydrogen) atoms. The fourth-order valence-electron chi connectivity index (χ4n) is 5.08. The van der Waals surface area contributed by atoms with E-state index >= 15 is 0 Å². The van der Waals surface area contributed by atoms with Crippen LogP contribution in [0.1, 0.15) is 78.1 Å². The summed E-state index contributed by atoms with van der Waals surface area (Å²) in [5.41, 5.74) is 2.88. The van der Waals surface area contributed by atoms with Crippen LogP contribution in [-0.4, -0.2) is 61.8 Å². The minimum atomic E-state index is -1.62. The number of unbranched alkanes of at least 4 members (excludes halogenated alkanes) is 1. The van der Waals surface area contributed by atoms with Crippen molar-refractivity contribution < 1.29 is 33.6 Å². The molecule has 1 saturated heterocycles. The zero-order chi connectivity index (χ0) is 29.5. The lowest BCUT2D eigenvalue weighted by Crippen LogP contribution is -2.59. The Labute approximate surface area is 244 Å². The van der Waals surface area contributed by atoms with Gasteiger partial charge in [0.25, 0.3) is 0 Å². The van der Waals surface area contributed by atoms with Crippen molar-refractivity contribution in [3.05, 3.63) is 35.1 Å². The number of carbonyl (C=O) groups excluding carboxylic acids is 2. The van der Waals surface area contributed by atoms with Crippen LogP contribution in [0.25, 0.3) is 0 Å². The second kappa shape index (κ2) is 17.5. The van der Waals surface area contributed by atoms with Crippen molar-refractivity contribution >= 4 is 23.5 Å². The summed E-state index contributed by atoms with van der Waals surface area (Å²) in [6.45, 7) is 3.92. The molecule has 0 aliphatic carbocycles. The van der Waals surface area contributed by atoms with Crippen molar-refractivity contribution in [3.8, 4) is 12.3 Å². The summed E-state index contributed by atoms with van der Waals surface area (Å²) < 4.78 is 22.4. The third-order valence-corrected chi connectivity index (χ3v) is 7.96. The van der Waals surface area contributed by atoms with E-state index in [9.17, 15) is 14.7 Å². The summed E-state index contributed by atoms with van der Waals surface area (Å²) in [5, 5.41) is 14.2. The molecule has 224 valence electrons. The highest BCUT2D eigenvalue weighted by Gasteiger charge is 2.47. The number of allylic oxidation sites excluding steroid dienone is 3. The highest BCUT2D eigenvalue weighted by molar-refractivity contribution is 6.25. The number of rotatable bonds is 16. The first-order valence-corrected chi connectivity index (χ1v) is 14.6. The van der Waals surface area contributed by atoms with Crippen molar-refractivity contribution in [2.75, 3.05) is 20.8 Å². The average molecular weight is 580 g/mol. The fourth-order valence-corrected chi connectivity index (χ4v) is 5.30. The molecular formula is C31H46ClNO7. The van der Waals surface area contributed by atoms with Crippen LogP contribution in [0.2, 0.25) is 0 Å². The fraction of sp³-hybridized carbons (Fsp3) is 0.677. The summed E-state index contributed by atoms with van der Waals surface area (Å²) in [6.07, 6.45) is 16.4. The van der Waals surface area contributed by atoms with E-state index in [1.54, 1.807) is 12.6 Å². The van der Waals surface area contributed by atoms with Crippen molar-refractivity contribution in [1.82, 2.24) is 5.32 Å². The molecule has 1 amide bonds. The lowest BCUT2D eigenvalue weighted by Gasteiger charge is -2.46. The Hall–Kier alpha value is -2.31. The van der Waals surface area contributed by atoms with Crippen molar-refractivity contribution in [2.45, 2.75) is 102 Å². The Bertz CT molecular complexity index is 956. The van der Waals surface area contributed by atoms with Gasteiger partial charge in [0, 0.05) is 50.7 Å². The van der Waals surface area contributed by atoms with E-state index in [-0.39, 0.29) is 24.5 Å². The summed E-state index contributed by atoms with van der Waals surface area (Å²) in [6, 6.07) is 0. The van der Waals surface area contributed by atoms with Crippen LogP contribution in [0.4, 0.5) is 0 Å². The molecule has 0 unspecified atom stereocenters. The SMILES string of the molecule is C#CCCC/C(=C/Cl)CC[C@@H](C)/C=C/CCC(=O)NC[C@]1(O)O[C@H](C[C@H]2CC(OC)=CC(=O)O2)C[C@@H](OC)[C@H]1C. The topological polar surface area (TPSA) is 103 Å². The molecule has 0 radical (unpaired) electrons. The number of cyclic esters (lactones) is 1. The highest BCUT2D eigenvalue weighted by Crippen LogP contribution is 2.36. The number of methoxy groups -OCH3 is 2. The molecule has 0 bridgehead atoms. The Morgan fingerprint density at radius 1 is 1.35 bits per heavy atom. The number of aliphatic hydroxyl groups is 1. The number of esters is 1. The third kappa shape index (κ3) is 11.3. The van der Waals surface area contributed by atoms with Gasteiger partial charge in [0.05, 0.1) is 31.9 Å². The molecule has 0 aromatic heterocycles. The second-order valence-electron chi connectivity index (χ2n) is 10.8. The van der Waals surface area contributed by atoms with E-state index < -0.39 is 24.0 Å². The summed E-state index contributed by atoms with van der Waals surface area (Å²) in [7, 11) is 3.11. The quantitative estimate of drug-likeness (QED) is 0.113. The predicted octanol–water partition coefficient (Wildman–Crippen LogP) is 5.15. The first kappa shape index (κ1) is 33.9. The molecule has 0 spiro atoms. The van der Waals surface area contributed by atoms with E-state index in [4.69, 9.17) is 37.0 Å². The second-order valence-corrected chi connectivity index (χ2v) is 11.0. The van der Waals surface area contributed by atoms with Gasteiger partial charge in [0.2, 0.25) is 5.91 Å². The van der Waals surface area contributed by atoms with Crippen LogP contribution in [0.5, 0.6) is 0 Å². The van der Waals surface area contributed by atoms with Gasteiger partial charge in [-0.2, -0.15) is 0 Å². The number of nitrogens with one attached hydrogen (secondary N) is 1. The maximum atomic E-state index is 12.6. The van der Waals surface area contributed by atoms with Crippen LogP contribution in [0.3, 0.4) is 0 Å². The van der Waals surface area contributed by atoms with Crippen LogP contribution >= 0.6 is 11.6 Å². The number of halogens is 1. The zero-order valence-electron chi connectivity index (χ0n) is 24.3. The Kier molecular flexibility index (Phi) is 14.8. The maximum absolute atomic E-state index is 12.6. The van der Waals surface area contributed by atoms with E-state index in [0.717, 1.165) is 32.1 Å². The first-order chi connectivity index (χ1) is 19.1. The van der Waals surface area contributed by atoms with Gasteiger partial charge >= 0.3 is 5.97 Å². The van der Waals surface area contributed by atoms with Crippen LogP contribution in [0.15, 0.2) is 35.1 Å². The van der Waals surface area contributed by atoms with Gasteiger partial charge in [-0.15, -0.1) is 12.3 Å². The van der Waals surface area contributed by atoms with Gasteiger partial charge in [-0.05, 0) is 38.0 Å². The molecule has 8 nitrogen and oxygen atoms in total. The minimum Gasteiger partial charge on any atom is -0.501 e. The van der Waals surface area contributed by atoms with Crippen molar-refractivity contribution in [2.24, 2.45) is 11.8 Å². The zero-order valence-corrected chi connectivity index (χ0v) is 25.1. The highest BCUT2D eigenvalue weighted by atomic mass is 35.5. The number of terminal acetylenes is 1. The Morgan fingerprint density at radius 2 is 2.12 bits per heavy atom. The Balaban J connectivity index is 1.80. The number of hydrogen-bond donors (Lipinski definition) is 2. The molecule has 0 aromatic carbocycles. The van der Waals surface area contributed by atoms with E-state index in [1.807, 2.05) is 13.0 Å². The number of carbonyl (C=O) groups is 2. The average Bonchev–Trinajstić information content (AvgIpc) is 2.93. The van der Waals surface area contributed by atoms with Gasteiger partial charge in [-0.1, -0.05) is 43.2 Å². The largest absolute Gasteiger partial charge is 0.501 e. The summed E-state index contributed by atoms with van der Waals surface area (Å²) in [4.78, 5) is 24.4. The lowest BCUT2D eigenvalue weighted by atomic mass is 9.85. The number of ether oxygens (including phenoxy) is 4. The molecule has 2 aliphatic rings. The standard InChI is InChI=1S/C31H46ClNO7/c1-6-7-8-12-24(20-32)15-14-22(2)11-9-10-13-29(34)33-21-31(36)23(3)28(38-5)18-27(40-31)17-26-16-25(37-4)19-30(35)39-26/h1,9,11,19-20,22-23,26-28,36H,7-8,10,12-18,21H2,2-5H3,(H,33,34)/b11-9+,24-20-/t22-,23+,26+,27+,28+,31-/m0/s1. The van der Waals surface area contributed by atoms with E-state index in [0.29, 0.717) is 43.8 Å². The van der Waals surface area contributed by atoms with Gasteiger partial charge in [-0.25, -0.2) is 4.79 Å². The van der Waals surface area contributed by atoms with Gasteiger partial charge in [-0.3, -0.25) is 4.79 Å². The molecule has 2 heterocycles. The minimum absolute atomic E-state index is 0.0651. The third-order valence-electron chi connectivity index (χ3n) is 7.65. The molecular weight excluding hydrogens is 534 g/mol. The van der Waals surface area contributed by atoms with Crippen LogP contribution in [-0.2, 0) is 28.5 Å². The summed E-state index contributed by atoms with van der Waals surface area (Å²) in [5.74, 6) is 0.940. The first-order valence-electron chi connectivity index (χ1n) is 14.2. The summed E-state index contributed by atoms with van der Waals surface area (Å²) >= 11 is 5.95. The molecule has 2 rings (SSSR count). The molecule has 0 aromatic rings. The predicted molar refractivity (Wildman–Crippen MR) is 155 cm³/mol. The van der Waals surface area contributed by atoms with Gasteiger partial charge in [0.15, 0.2) is 5.79 Å². The van der Waals surface area contributed by atoms with E-state index in [2.05, 4.69) is 24.2 Å². The smallest absolute Gasteiger partial charge is 0.334 e. The molecule has 0 saturated carbocycles. The van der Waals surface area contributed by atoms with Crippen molar-refractivity contribution in [1.29, 1.82) is 0 Å². The maximum Gasteiger partial charge on any atom is 0.334 e. The van der Waals surface area contributed by atoms with Crippen LogP contribution in [0, 0.1) is 24.2 Å².